The molecular weight excluding hydrogens is 540 g/mol. The normalized spacial score (nSPS) is 25.5. The van der Waals surface area contributed by atoms with Gasteiger partial charge in [-0.3, -0.25) is 14.6 Å². The molecule has 1 aliphatic carbocycles. The van der Waals surface area contributed by atoms with E-state index in [1.54, 1.807) is 6.92 Å². The minimum atomic E-state index is -0.722. The van der Waals surface area contributed by atoms with Crippen molar-refractivity contribution in [2.45, 2.75) is 80.3 Å². The van der Waals surface area contributed by atoms with Gasteiger partial charge in [0.2, 0.25) is 0 Å². The van der Waals surface area contributed by atoms with Gasteiger partial charge in [-0.1, -0.05) is 13.8 Å². The number of esters is 1. The molecule has 8 bridgehead atoms. The standard InChI is InChI=1S/C35H38N4O4/c1-9-21-15(2)24-14-27-30(20(7)40)18(5)33(38-27)19(6)32-16(3)22(10-11-29(42)43-8)34(39-32)23-12-28(41)31-17(4)25(37-35(23)31)13-26(21)36-24/h13-14,16,20,22,40H,9-12H2,1-8H3/t16-,20-,22-/m0/s1. The molecule has 5 aliphatic heterocycles. The van der Waals surface area contributed by atoms with Crippen molar-refractivity contribution in [1.29, 1.82) is 0 Å². The zero-order valence-electron chi connectivity index (χ0n) is 26.2. The number of nitrogens with zero attached hydrogens (tertiary/aromatic N) is 4. The molecule has 6 rings (SSSR count). The first-order valence-corrected chi connectivity index (χ1v) is 15.1. The molecule has 222 valence electrons. The minimum Gasteiger partial charge on any atom is -0.469 e. The number of ether oxygens (including phenoxy) is 1. The van der Waals surface area contributed by atoms with Gasteiger partial charge >= 0.3 is 5.97 Å². The van der Waals surface area contributed by atoms with Gasteiger partial charge in [-0.2, -0.15) is 0 Å². The summed E-state index contributed by atoms with van der Waals surface area (Å²) in [6.07, 6.45) is 5.06. The molecule has 0 aromatic heterocycles. The highest BCUT2D eigenvalue weighted by Gasteiger charge is 2.43. The van der Waals surface area contributed by atoms with E-state index < -0.39 is 6.10 Å². The van der Waals surface area contributed by atoms with E-state index in [2.05, 4.69) is 20.8 Å². The maximum Gasteiger partial charge on any atom is 0.305 e. The monoisotopic (exact) mass is 578 g/mol. The smallest absolute Gasteiger partial charge is 0.305 e. The third-order valence-corrected chi connectivity index (χ3v) is 9.67. The Kier molecular flexibility index (Phi) is 7.16. The molecule has 8 nitrogen and oxygen atoms in total. The van der Waals surface area contributed by atoms with Crippen LogP contribution >= 0.6 is 0 Å². The summed E-state index contributed by atoms with van der Waals surface area (Å²) in [7, 11) is 1.40. The number of carbonyl (C=O) groups excluding carboxylic acids is 2. The predicted octanol–water partition coefficient (Wildman–Crippen LogP) is 6.03. The maximum atomic E-state index is 13.5. The number of Topliss-reactive ketones (excluding diaryl/α,β-unsaturated/α-hetero) is 1. The van der Waals surface area contributed by atoms with Crippen LogP contribution in [0.2, 0.25) is 0 Å². The van der Waals surface area contributed by atoms with Gasteiger partial charge in [0.1, 0.15) is 0 Å². The number of hydrogen-bond donors (Lipinski definition) is 1. The predicted molar refractivity (Wildman–Crippen MR) is 169 cm³/mol. The van der Waals surface area contributed by atoms with Crippen molar-refractivity contribution in [2.75, 3.05) is 7.11 Å². The van der Waals surface area contributed by atoms with Crippen LogP contribution in [0.15, 0.2) is 99.5 Å². The molecule has 1 saturated carbocycles. The van der Waals surface area contributed by atoms with Crippen molar-refractivity contribution in [3.63, 3.8) is 0 Å². The number of aliphatic hydroxyl groups is 1. The molecule has 0 aromatic rings. The van der Waals surface area contributed by atoms with E-state index in [4.69, 9.17) is 24.7 Å². The second-order valence-electron chi connectivity index (χ2n) is 12.1. The number of carbonyl (C=O) groups is 2. The Morgan fingerprint density at radius 1 is 1.00 bits per heavy atom. The summed E-state index contributed by atoms with van der Waals surface area (Å²) in [5.74, 6) is -0.354. The second-order valence-corrected chi connectivity index (χ2v) is 12.1. The first-order valence-electron chi connectivity index (χ1n) is 15.1. The van der Waals surface area contributed by atoms with Gasteiger partial charge in [0.25, 0.3) is 0 Å². The Bertz CT molecular complexity index is 1760. The quantitative estimate of drug-likeness (QED) is 0.401. The molecule has 0 radical (unpaired) electrons. The van der Waals surface area contributed by atoms with Crippen LogP contribution in [0.4, 0.5) is 0 Å². The zero-order chi connectivity index (χ0) is 30.9. The summed E-state index contributed by atoms with van der Waals surface area (Å²) in [6.45, 7) is 14.0. The molecule has 0 unspecified atom stereocenters. The number of rotatable bonds is 5. The highest BCUT2D eigenvalue weighted by atomic mass is 16.5. The second kappa shape index (κ2) is 10.6. The molecule has 6 aliphatic rings. The first-order chi connectivity index (χ1) is 20.5. The largest absolute Gasteiger partial charge is 0.469 e. The lowest BCUT2D eigenvalue weighted by Gasteiger charge is -2.19. The van der Waals surface area contributed by atoms with E-state index in [1.165, 1.54) is 7.11 Å². The van der Waals surface area contributed by atoms with E-state index in [0.717, 1.165) is 79.6 Å². The van der Waals surface area contributed by atoms with Gasteiger partial charge in [-0.05, 0) is 87.5 Å². The number of aliphatic imine (C=N–C) groups is 4. The Balaban J connectivity index is 1.65. The summed E-state index contributed by atoms with van der Waals surface area (Å²) in [5, 5.41) is 10.9. The van der Waals surface area contributed by atoms with Gasteiger partial charge in [-0.15, -0.1) is 0 Å². The fraction of sp³-hybridized carbons (Fsp3) is 0.429. The van der Waals surface area contributed by atoms with Gasteiger partial charge in [0.15, 0.2) is 5.78 Å². The fourth-order valence-corrected chi connectivity index (χ4v) is 7.33. The van der Waals surface area contributed by atoms with Crippen LogP contribution in [-0.4, -0.2) is 52.9 Å². The van der Waals surface area contributed by atoms with Crippen LogP contribution in [0.3, 0.4) is 0 Å². The average molecular weight is 579 g/mol. The van der Waals surface area contributed by atoms with Crippen molar-refractivity contribution in [3.8, 4) is 0 Å². The van der Waals surface area contributed by atoms with E-state index in [0.29, 0.717) is 23.4 Å². The summed E-state index contributed by atoms with van der Waals surface area (Å²) in [4.78, 5) is 46.1. The van der Waals surface area contributed by atoms with E-state index >= 15 is 0 Å². The topological polar surface area (TPSA) is 113 Å². The molecule has 0 aromatic carbocycles. The SMILES string of the molecule is CCC1=C(C)C2=CC3=NC(=C(C)C4=NC(=C5CC(=O)C6=C(C)C(=CC1=N2)N=C56)[C@@H](CCC(=O)OC)[C@@H]4C)C(C)=C3[C@H](C)O. The van der Waals surface area contributed by atoms with Crippen molar-refractivity contribution in [3.05, 3.63) is 79.5 Å². The van der Waals surface area contributed by atoms with Crippen molar-refractivity contribution >= 4 is 34.6 Å². The van der Waals surface area contributed by atoms with Crippen molar-refractivity contribution in [1.82, 2.24) is 0 Å². The van der Waals surface area contributed by atoms with Gasteiger partial charge in [0.05, 0.1) is 53.1 Å². The number of hydrogen-bond acceptors (Lipinski definition) is 8. The number of fused-ring (bicyclic) bond motifs is 4. The number of allylic oxidation sites excluding steroid dienone is 10. The highest BCUT2D eigenvalue weighted by Crippen LogP contribution is 2.46. The molecule has 8 heteroatoms. The van der Waals surface area contributed by atoms with Crippen LogP contribution < -0.4 is 0 Å². The molecule has 3 atom stereocenters. The number of aliphatic hydroxyl groups excluding tert-OH is 1. The lowest BCUT2D eigenvalue weighted by Crippen LogP contribution is -2.19. The molecule has 0 spiro atoms. The van der Waals surface area contributed by atoms with Crippen molar-refractivity contribution < 1.29 is 19.4 Å². The summed E-state index contributed by atoms with van der Waals surface area (Å²) >= 11 is 0. The van der Waals surface area contributed by atoms with Gasteiger partial charge < -0.3 is 9.84 Å². The molecular formula is C35H38N4O4. The van der Waals surface area contributed by atoms with Crippen LogP contribution in [0.25, 0.3) is 0 Å². The number of methoxy groups -OCH3 is 1. The average Bonchev–Trinajstić information content (AvgIpc) is 3.72. The van der Waals surface area contributed by atoms with Crippen LogP contribution in [0.1, 0.15) is 74.1 Å². The zero-order valence-corrected chi connectivity index (χ0v) is 26.2. The summed E-state index contributed by atoms with van der Waals surface area (Å²) in [5.41, 5.74) is 13.4. The van der Waals surface area contributed by atoms with E-state index in [-0.39, 0.29) is 36.4 Å². The molecule has 43 heavy (non-hydrogen) atoms. The Labute approximate surface area is 252 Å². The Morgan fingerprint density at radius 2 is 1.70 bits per heavy atom. The first kappa shape index (κ1) is 29.1. The van der Waals surface area contributed by atoms with E-state index in [1.807, 2.05) is 32.9 Å². The van der Waals surface area contributed by atoms with Crippen LogP contribution in [-0.2, 0) is 14.3 Å². The Hall–Kier alpha value is -4.04. The lowest BCUT2D eigenvalue weighted by atomic mass is 9.83. The third kappa shape index (κ3) is 4.46. The molecule has 0 saturated heterocycles. The highest BCUT2D eigenvalue weighted by molar-refractivity contribution is 6.38. The fourth-order valence-electron chi connectivity index (χ4n) is 7.33. The van der Waals surface area contributed by atoms with Gasteiger partial charge in [-0.25, -0.2) is 15.0 Å². The summed E-state index contributed by atoms with van der Waals surface area (Å²) < 4.78 is 4.97. The van der Waals surface area contributed by atoms with Crippen LogP contribution in [0, 0.1) is 11.8 Å². The molecule has 5 heterocycles. The number of ketones is 1. The van der Waals surface area contributed by atoms with E-state index in [9.17, 15) is 14.7 Å². The molecule has 1 N–H and O–H groups in total. The van der Waals surface area contributed by atoms with Crippen LogP contribution in [0.5, 0.6) is 0 Å². The minimum absolute atomic E-state index is 0.0316. The van der Waals surface area contributed by atoms with Crippen molar-refractivity contribution in [2.24, 2.45) is 31.8 Å². The molecule has 0 amide bonds. The Morgan fingerprint density at radius 3 is 2.37 bits per heavy atom. The summed E-state index contributed by atoms with van der Waals surface area (Å²) in [6, 6.07) is 0. The third-order valence-electron chi connectivity index (χ3n) is 9.67. The lowest BCUT2D eigenvalue weighted by molar-refractivity contribution is -0.140. The van der Waals surface area contributed by atoms with Gasteiger partial charge in [0, 0.05) is 47.1 Å². The molecule has 1 fully saturated rings. The maximum absolute atomic E-state index is 13.5.